The third-order valence-electron chi connectivity index (χ3n) is 6.49. The molecule has 4 aromatic carbocycles. The normalized spacial score (nSPS) is 17.8. The Kier molecular flexibility index (Phi) is 6.79. The van der Waals surface area contributed by atoms with Crippen LogP contribution in [0.5, 0.6) is 0 Å². The van der Waals surface area contributed by atoms with Crippen molar-refractivity contribution in [2.75, 3.05) is 0 Å². The molecule has 5 heteroatoms. The third kappa shape index (κ3) is 4.86. The summed E-state index contributed by atoms with van der Waals surface area (Å²) in [6, 6.07) is 35.4. The molecule has 0 unspecified atom stereocenters. The number of rotatable bonds is 8. The number of benzene rings is 4. The van der Waals surface area contributed by atoms with E-state index in [0.717, 1.165) is 11.1 Å². The van der Waals surface area contributed by atoms with Crippen LogP contribution in [0.2, 0.25) is 5.02 Å². The van der Waals surface area contributed by atoms with Gasteiger partial charge < -0.3 is 4.74 Å². The Labute approximate surface area is 215 Å². The fourth-order valence-electron chi connectivity index (χ4n) is 4.71. The van der Waals surface area contributed by atoms with Crippen molar-refractivity contribution in [2.24, 2.45) is 4.99 Å². The molecule has 0 N–H and O–H groups in total. The van der Waals surface area contributed by atoms with E-state index in [0.29, 0.717) is 16.1 Å². The highest BCUT2D eigenvalue weighted by Crippen LogP contribution is 2.43. The molecule has 1 heterocycles. The Hall–Kier alpha value is -4.02. The first-order valence-electron chi connectivity index (χ1n) is 11.8. The molecule has 0 aliphatic carbocycles. The molecule has 0 aromatic heterocycles. The zero-order chi connectivity index (χ0) is 25.0. The highest BCUT2D eigenvalue weighted by atomic mass is 35.5. The molecule has 0 radical (unpaired) electrons. The highest BCUT2D eigenvalue weighted by molar-refractivity contribution is 6.30. The van der Waals surface area contributed by atoms with Gasteiger partial charge in [0, 0.05) is 34.9 Å². The monoisotopic (exact) mass is 493 g/mol. The molecule has 178 valence electrons. The molecule has 0 saturated heterocycles. The molecule has 0 spiro atoms. The fraction of sp³-hybridized carbons (Fsp3) is 0.129. The predicted octanol–water partition coefficient (Wildman–Crippen LogP) is 6.68. The Morgan fingerprint density at radius 2 is 1.47 bits per heavy atom. The molecule has 0 amide bonds. The highest BCUT2D eigenvalue weighted by Gasteiger charge is 2.53. The van der Waals surface area contributed by atoms with Gasteiger partial charge in [-0.15, -0.1) is 0 Å². The van der Waals surface area contributed by atoms with Gasteiger partial charge in [0.2, 0.25) is 5.90 Å². The minimum absolute atomic E-state index is 0.0673. The van der Waals surface area contributed by atoms with Crippen LogP contribution in [-0.4, -0.2) is 23.2 Å². The number of hydrogen-bond acceptors (Lipinski definition) is 4. The molecule has 4 aromatic rings. The van der Waals surface area contributed by atoms with Crippen LogP contribution < -0.4 is 0 Å². The number of carbonyl (C=O) groups excluding carboxylic acids is 2. The number of Topliss-reactive ketones (excluding diaryl/α,β-unsaturated/α-hetero) is 1. The third-order valence-corrected chi connectivity index (χ3v) is 6.73. The standard InChI is InChI=1S/C31H24ClNO3/c32-26-18-10-17-25(19-26)27(20-28(34)23-13-6-2-7-14-23)31(21-22-11-4-1-5-12-22)30(35)36-29(33-31)24-15-8-3-9-16-24/h1-19,27H,20-21H2/t27-,31-/m1/s1. The zero-order valence-electron chi connectivity index (χ0n) is 19.5. The number of esters is 1. The van der Waals surface area contributed by atoms with Crippen LogP contribution in [0.25, 0.3) is 0 Å². The topological polar surface area (TPSA) is 55.7 Å². The quantitative estimate of drug-likeness (QED) is 0.203. The predicted molar refractivity (Wildman–Crippen MR) is 142 cm³/mol. The summed E-state index contributed by atoms with van der Waals surface area (Å²) in [5.74, 6) is -0.895. The van der Waals surface area contributed by atoms with Gasteiger partial charge in [0.15, 0.2) is 11.3 Å². The van der Waals surface area contributed by atoms with Crippen LogP contribution in [-0.2, 0) is 16.0 Å². The van der Waals surface area contributed by atoms with Gasteiger partial charge in [0.25, 0.3) is 0 Å². The Morgan fingerprint density at radius 1 is 0.833 bits per heavy atom. The number of aliphatic imine (C=N–C) groups is 1. The Bertz CT molecular complexity index is 1400. The summed E-state index contributed by atoms with van der Waals surface area (Å²) in [5, 5.41) is 0.526. The lowest BCUT2D eigenvalue weighted by molar-refractivity contribution is -0.139. The van der Waals surface area contributed by atoms with Crippen molar-refractivity contribution in [3.05, 3.63) is 143 Å². The average molecular weight is 494 g/mol. The molecule has 1 aliphatic heterocycles. The zero-order valence-corrected chi connectivity index (χ0v) is 20.3. The summed E-state index contributed by atoms with van der Waals surface area (Å²) in [5.41, 5.74) is 1.63. The van der Waals surface area contributed by atoms with Gasteiger partial charge in [0.05, 0.1) is 0 Å². The molecule has 0 fully saturated rings. The lowest BCUT2D eigenvalue weighted by atomic mass is 9.73. The minimum atomic E-state index is -1.35. The summed E-state index contributed by atoms with van der Waals surface area (Å²) < 4.78 is 5.82. The van der Waals surface area contributed by atoms with Crippen LogP contribution in [0.1, 0.15) is 39.4 Å². The van der Waals surface area contributed by atoms with E-state index >= 15 is 0 Å². The fourth-order valence-corrected chi connectivity index (χ4v) is 4.90. The maximum atomic E-state index is 13.8. The molecule has 36 heavy (non-hydrogen) atoms. The number of ether oxygens (including phenoxy) is 1. The molecular formula is C31H24ClNO3. The number of ketones is 1. The molecule has 5 rings (SSSR count). The Morgan fingerprint density at radius 3 is 2.14 bits per heavy atom. The number of halogens is 1. The lowest BCUT2D eigenvalue weighted by Gasteiger charge is -2.32. The first-order chi connectivity index (χ1) is 17.5. The SMILES string of the molecule is O=C(C[C@H](c1cccc(Cl)c1)[C@@]1(Cc2ccccc2)N=C(c2ccccc2)OC1=O)c1ccccc1. The first kappa shape index (κ1) is 23.7. The summed E-state index contributed by atoms with van der Waals surface area (Å²) in [6.07, 6.45) is 0.347. The van der Waals surface area contributed by atoms with Crippen molar-refractivity contribution in [3.8, 4) is 0 Å². The largest absolute Gasteiger partial charge is 0.405 e. The van der Waals surface area contributed by atoms with E-state index in [1.807, 2.05) is 91.0 Å². The summed E-state index contributed by atoms with van der Waals surface area (Å²) in [6.45, 7) is 0. The number of cyclic esters (lactones) is 1. The van der Waals surface area contributed by atoms with E-state index in [1.54, 1.807) is 24.3 Å². The van der Waals surface area contributed by atoms with E-state index in [9.17, 15) is 9.59 Å². The van der Waals surface area contributed by atoms with E-state index in [1.165, 1.54) is 0 Å². The van der Waals surface area contributed by atoms with Crippen LogP contribution in [0.3, 0.4) is 0 Å². The van der Waals surface area contributed by atoms with Gasteiger partial charge in [-0.05, 0) is 35.4 Å². The van der Waals surface area contributed by atoms with E-state index in [2.05, 4.69) is 0 Å². The summed E-state index contributed by atoms with van der Waals surface area (Å²) >= 11 is 6.38. The van der Waals surface area contributed by atoms with Gasteiger partial charge in [-0.25, -0.2) is 9.79 Å². The molecule has 4 nitrogen and oxygen atoms in total. The van der Waals surface area contributed by atoms with Crippen LogP contribution in [0.15, 0.2) is 120 Å². The van der Waals surface area contributed by atoms with Crippen molar-refractivity contribution >= 4 is 29.3 Å². The molecule has 1 aliphatic rings. The second kappa shape index (κ2) is 10.3. The van der Waals surface area contributed by atoms with Crippen molar-refractivity contribution < 1.29 is 14.3 Å². The van der Waals surface area contributed by atoms with E-state index in [4.69, 9.17) is 21.3 Å². The molecule has 2 atom stereocenters. The Balaban J connectivity index is 1.67. The molecule has 0 bridgehead atoms. The van der Waals surface area contributed by atoms with Crippen molar-refractivity contribution in [2.45, 2.75) is 24.3 Å². The van der Waals surface area contributed by atoms with Crippen molar-refractivity contribution in [1.29, 1.82) is 0 Å². The second-order valence-electron chi connectivity index (χ2n) is 8.86. The average Bonchev–Trinajstić information content (AvgIpc) is 3.25. The van der Waals surface area contributed by atoms with Gasteiger partial charge >= 0.3 is 5.97 Å². The van der Waals surface area contributed by atoms with Gasteiger partial charge in [-0.3, -0.25) is 4.79 Å². The van der Waals surface area contributed by atoms with Crippen molar-refractivity contribution in [1.82, 2.24) is 0 Å². The smallest absolute Gasteiger partial charge is 0.341 e. The lowest BCUT2D eigenvalue weighted by Crippen LogP contribution is -2.43. The molecule has 0 saturated carbocycles. The van der Waals surface area contributed by atoms with Gasteiger partial charge in [-0.1, -0.05) is 103 Å². The number of carbonyl (C=O) groups is 2. The van der Waals surface area contributed by atoms with Gasteiger partial charge in [0.1, 0.15) is 0 Å². The first-order valence-corrected chi connectivity index (χ1v) is 12.2. The summed E-state index contributed by atoms with van der Waals surface area (Å²) in [4.78, 5) is 32.3. The minimum Gasteiger partial charge on any atom is -0.405 e. The maximum Gasteiger partial charge on any atom is 0.341 e. The van der Waals surface area contributed by atoms with E-state index < -0.39 is 17.4 Å². The van der Waals surface area contributed by atoms with Crippen molar-refractivity contribution in [3.63, 3.8) is 0 Å². The number of hydrogen-bond donors (Lipinski definition) is 0. The second-order valence-corrected chi connectivity index (χ2v) is 9.30. The van der Waals surface area contributed by atoms with Crippen LogP contribution in [0, 0.1) is 0 Å². The van der Waals surface area contributed by atoms with Crippen LogP contribution in [0.4, 0.5) is 0 Å². The van der Waals surface area contributed by atoms with E-state index in [-0.39, 0.29) is 24.5 Å². The van der Waals surface area contributed by atoms with Crippen LogP contribution >= 0.6 is 11.6 Å². The van der Waals surface area contributed by atoms with Gasteiger partial charge in [-0.2, -0.15) is 0 Å². The summed E-state index contributed by atoms with van der Waals surface area (Å²) in [7, 11) is 0. The maximum absolute atomic E-state index is 13.8. The number of nitrogens with zero attached hydrogens (tertiary/aromatic N) is 1. The molecular weight excluding hydrogens is 470 g/mol.